The summed E-state index contributed by atoms with van der Waals surface area (Å²) < 4.78 is 0. The van der Waals surface area contributed by atoms with E-state index >= 15 is 0 Å². The van der Waals surface area contributed by atoms with Crippen LogP contribution in [-0.2, 0) is 0 Å². The van der Waals surface area contributed by atoms with Gasteiger partial charge in [-0.15, -0.1) is 0 Å². The van der Waals surface area contributed by atoms with Crippen LogP contribution < -0.4 is 0 Å². The molecule has 3 fully saturated rings. The van der Waals surface area contributed by atoms with Gasteiger partial charge in [-0.2, -0.15) is 0 Å². The van der Waals surface area contributed by atoms with Crippen LogP contribution in [0.1, 0.15) is 65.7 Å². The highest BCUT2D eigenvalue weighted by molar-refractivity contribution is 5.22. The minimum atomic E-state index is -0.477. The van der Waals surface area contributed by atoms with Gasteiger partial charge in [0.1, 0.15) is 0 Å². The van der Waals surface area contributed by atoms with Gasteiger partial charge in [-0.3, -0.25) is 0 Å². The van der Waals surface area contributed by atoms with Crippen molar-refractivity contribution in [3.8, 4) is 0 Å². The molecule has 0 aliphatic heterocycles. The van der Waals surface area contributed by atoms with E-state index in [-0.39, 0.29) is 11.5 Å². The van der Waals surface area contributed by atoms with Gasteiger partial charge in [0, 0.05) is 0 Å². The van der Waals surface area contributed by atoms with E-state index in [9.17, 15) is 10.2 Å². The van der Waals surface area contributed by atoms with Crippen molar-refractivity contribution in [1.29, 1.82) is 0 Å². The molecular weight excluding hydrogens is 272 g/mol. The summed E-state index contributed by atoms with van der Waals surface area (Å²) in [4.78, 5) is 0. The number of aliphatic hydroxyl groups is 2. The van der Waals surface area contributed by atoms with Gasteiger partial charge in [-0.1, -0.05) is 25.5 Å². The first-order valence-corrected chi connectivity index (χ1v) is 9.44. The summed E-state index contributed by atoms with van der Waals surface area (Å²) in [6.45, 7) is 6.83. The molecule has 0 aromatic heterocycles. The van der Waals surface area contributed by atoms with Gasteiger partial charge in [-0.05, 0) is 86.9 Å². The number of aliphatic hydroxyl groups excluding tert-OH is 1. The Balaban J connectivity index is 1.69. The van der Waals surface area contributed by atoms with Crippen molar-refractivity contribution < 1.29 is 10.2 Å². The van der Waals surface area contributed by atoms with E-state index in [4.69, 9.17) is 0 Å². The SMILES string of the molecule is C[C@@H]1C=C2C[C@@H](O)CC[C@@H]2[C@H]2CC[C@@]3(C)[C@@H](CC[C@]3(C)O)[C@@H]21. The molecule has 2 N–H and O–H groups in total. The zero-order chi connectivity index (χ0) is 15.7. The number of fused-ring (bicyclic) bond motifs is 5. The Kier molecular flexibility index (Phi) is 3.34. The van der Waals surface area contributed by atoms with Gasteiger partial charge in [0.05, 0.1) is 11.7 Å². The van der Waals surface area contributed by atoms with Crippen LogP contribution in [0.5, 0.6) is 0 Å². The van der Waals surface area contributed by atoms with Crippen LogP contribution in [-0.4, -0.2) is 21.9 Å². The van der Waals surface area contributed by atoms with Gasteiger partial charge in [0.15, 0.2) is 0 Å². The molecule has 0 aromatic rings. The molecule has 0 amide bonds. The summed E-state index contributed by atoms with van der Waals surface area (Å²) >= 11 is 0. The quantitative estimate of drug-likeness (QED) is 0.666. The average Bonchev–Trinajstić information content (AvgIpc) is 2.69. The minimum absolute atomic E-state index is 0.104. The van der Waals surface area contributed by atoms with Crippen LogP contribution >= 0.6 is 0 Å². The first kappa shape index (κ1) is 15.2. The van der Waals surface area contributed by atoms with Crippen molar-refractivity contribution in [3.05, 3.63) is 11.6 Å². The Morgan fingerprint density at radius 2 is 1.86 bits per heavy atom. The number of allylic oxidation sites excluding steroid dienone is 1. The number of hydrogen-bond acceptors (Lipinski definition) is 2. The Labute approximate surface area is 135 Å². The summed E-state index contributed by atoms with van der Waals surface area (Å²) in [5, 5.41) is 21.0. The molecule has 8 atom stereocenters. The van der Waals surface area contributed by atoms with E-state index in [1.54, 1.807) is 5.57 Å². The van der Waals surface area contributed by atoms with E-state index in [2.05, 4.69) is 26.8 Å². The fourth-order valence-corrected chi connectivity index (χ4v) is 6.91. The first-order chi connectivity index (χ1) is 10.3. The Morgan fingerprint density at radius 3 is 2.64 bits per heavy atom. The summed E-state index contributed by atoms with van der Waals surface area (Å²) in [6.07, 6.45) is 10.1. The third kappa shape index (κ3) is 1.92. The van der Waals surface area contributed by atoms with Crippen molar-refractivity contribution >= 4 is 0 Å². The fraction of sp³-hybridized carbons (Fsp3) is 0.900. The maximum absolute atomic E-state index is 10.9. The molecule has 4 aliphatic rings. The number of rotatable bonds is 0. The molecule has 4 rings (SSSR count). The molecule has 0 unspecified atom stereocenters. The van der Waals surface area contributed by atoms with Gasteiger partial charge in [-0.25, -0.2) is 0 Å². The summed E-state index contributed by atoms with van der Waals surface area (Å²) in [5.74, 6) is 3.56. The highest BCUT2D eigenvalue weighted by atomic mass is 16.3. The molecule has 0 aromatic carbocycles. The van der Waals surface area contributed by atoms with Crippen molar-refractivity contribution in [3.63, 3.8) is 0 Å². The fourth-order valence-electron chi connectivity index (χ4n) is 6.91. The first-order valence-electron chi connectivity index (χ1n) is 9.44. The highest BCUT2D eigenvalue weighted by Crippen LogP contribution is 2.65. The molecule has 0 saturated heterocycles. The van der Waals surface area contributed by atoms with Crippen LogP contribution in [0.4, 0.5) is 0 Å². The maximum Gasteiger partial charge on any atom is 0.0675 e. The third-order valence-electron chi connectivity index (χ3n) is 8.31. The molecule has 2 nitrogen and oxygen atoms in total. The standard InChI is InChI=1S/C20H32O2/c1-12-10-13-11-14(21)4-5-15(13)16-6-8-19(2)17(18(12)16)7-9-20(19,3)22/h10,12,14-18,21-22H,4-9,11H2,1-3H3/t12-,14+,15+,16-,17+,18-,19+,20+/m1/s1. The molecule has 0 spiro atoms. The van der Waals surface area contributed by atoms with E-state index in [1.165, 1.54) is 25.7 Å². The van der Waals surface area contributed by atoms with E-state index < -0.39 is 5.60 Å². The lowest BCUT2D eigenvalue weighted by molar-refractivity contribution is -0.112. The zero-order valence-corrected chi connectivity index (χ0v) is 14.4. The predicted molar refractivity (Wildman–Crippen MR) is 88.3 cm³/mol. The van der Waals surface area contributed by atoms with Crippen LogP contribution in [0, 0.1) is 35.0 Å². The molecule has 22 heavy (non-hydrogen) atoms. The predicted octanol–water partition coefficient (Wildman–Crippen LogP) is 3.92. The molecular formula is C20H32O2. The Morgan fingerprint density at radius 1 is 1.09 bits per heavy atom. The van der Waals surface area contributed by atoms with Crippen LogP contribution in [0.3, 0.4) is 0 Å². The topological polar surface area (TPSA) is 40.5 Å². The van der Waals surface area contributed by atoms with Crippen molar-refractivity contribution in [2.75, 3.05) is 0 Å². The summed E-state index contributed by atoms with van der Waals surface area (Å²) in [7, 11) is 0. The molecule has 2 heteroatoms. The van der Waals surface area contributed by atoms with Crippen molar-refractivity contribution in [2.45, 2.75) is 77.4 Å². The maximum atomic E-state index is 10.9. The zero-order valence-electron chi connectivity index (χ0n) is 14.4. The van der Waals surface area contributed by atoms with Crippen molar-refractivity contribution in [1.82, 2.24) is 0 Å². The van der Waals surface area contributed by atoms with Crippen molar-refractivity contribution in [2.24, 2.45) is 35.0 Å². The van der Waals surface area contributed by atoms with Crippen LogP contribution in [0.25, 0.3) is 0 Å². The average molecular weight is 304 g/mol. The smallest absolute Gasteiger partial charge is 0.0675 e. The van der Waals surface area contributed by atoms with E-state index in [0.29, 0.717) is 11.8 Å². The summed E-state index contributed by atoms with van der Waals surface area (Å²) in [6, 6.07) is 0. The van der Waals surface area contributed by atoms with E-state index in [1.807, 2.05) is 0 Å². The van der Waals surface area contributed by atoms with Crippen LogP contribution in [0.15, 0.2) is 11.6 Å². The second-order valence-corrected chi connectivity index (χ2v) is 9.26. The lowest BCUT2D eigenvalue weighted by atomic mass is 9.49. The molecule has 0 heterocycles. The van der Waals surface area contributed by atoms with Gasteiger partial charge >= 0.3 is 0 Å². The minimum Gasteiger partial charge on any atom is -0.393 e. The largest absolute Gasteiger partial charge is 0.393 e. The summed E-state index contributed by atoms with van der Waals surface area (Å²) in [5.41, 5.74) is 1.19. The Hall–Kier alpha value is -0.340. The molecule has 4 aliphatic carbocycles. The highest BCUT2D eigenvalue weighted by Gasteiger charge is 2.61. The van der Waals surface area contributed by atoms with Gasteiger partial charge in [0.25, 0.3) is 0 Å². The number of hydrogen-bond donors (Lipinski definition) is 2. The second-order valence-electron chi connectivity index (χ2n) is 9.26. The molecule has 0 bridgehead atoms. The third-order valence-corrected chi connectivity index (χ3v) is 8.31. The Bertz CT molecular complexity index is 494. The van der Waals surface area contributed by atoms with Gasteiger partial charge in [0.2, 0.25) is 0 Å². The molecule has 0 radical (unpaired) electrons. The van der Waals surface area contributed by atoms with Gasteiger partial charge < -0.3 is 10.2 Å². The molecule has 3 saturated carbocycles. The second kappa shape index (κ2) is 4.83. The normalized spacial score (nSPS) is 57.6. The van der Waals surface area contributed by atoms with E-state index in [0.717, 1.165) is 37.0 Å². The lowest BCUT2D eigenvalue weighted by Gasteiger charge is -2.56. The lowest BCUT2D eigenvalue weighted by Crippen LogP contribution is -2.53. The monoisotopic (exact) mass is 304 g/mol. The van der Waals surface area contributed by atoms with Crippen LogP contribution in [0.2, 0.25) is 0 Å². The molecule has 124 valence electrons.